The third-order valence-electron chi connectivity index (χ3n) is 4.95. The van der Waals surface area contributed by atoms with E-state index in [4.69, 9.17) is 10.7 Å². The van der Waals surface area contributed by atoms with Gasteiger partial charge in [-0.3, -0.25) is 0 Å². The van der Waals surface area contributed by atoms with Crippen LogP contribution in [0.5, 0.6) is 0 Å². The van der Waals surface area contributed by atoms with E-state index in [9.17, 15) is 0 Å². The highest BCUT2D eigenvalue weighted by Gasteiger charge is 2.42. The molecular formula is C14H20N2S. The standard InChI is InChI=1S/C14H20N2S/c15-7-12-13(9-3-4-9)16-14(17-12)11-6-8-1-2-10(11)5-8/h8-11H,1-7,15H2. The van der Waals surface area contributed by atoms with Crippen molar-refractivity contribution in [2.45, 2.75) is 56.9 Å². The van der Waals surface area contributed by atoms with E-state index in [2.05, 4.69) is 0 Å². The van der Waals surface area contributed by atoms with Crippen molar-refractivity contribution in [3.05, 3.63) is 15.6 Å². The molecule has 0 aliphatic heterocycles. The second-order valence-electron chi connectivity index (χ2n) is 6.12. The number of aromatic nitrogens is 1. The maximum atomic E-state index is 5.87. The molecule has 3 heteroatoms. The lowest BCUT2D eigenvalue weighted by Crippen LogP contribution is -2.08. The van der Waals surface area contributed by atoms with E-state index in [1.165, 1.54) is 54.1 Å². The van der Waals surface area contributed by atoms with Crippen LogP contribution >= 0.6 is 11.3 Å². The number of fused-ring (bicyclic) bond motifs is 2. The Morgan fingerprint density at radius 3 is 2.65 bits per heavy atom. The summed E-state index contributed by atoms with van der Waals surface area (Å²) in [6.07, 6.45) is 8.49. The van der Waals surface area contributed by atoms with Crippen LogP contribution in [0.1, 0.15) is 65.9 Å². The molecule has 0 aromatic carbocycles. The fourth-order valence-corrected chi connectivity index (χ4v) is 5.15. The molecule has 17 heavy (non-hydrogen) atoms. The SMILES string of the molecule is NCc1sc(C2CC3CCC2C3)nc1C1CC1. The molecule has 0 amide bonds. The summed E-state index contributed by atoms with van der Waals surface area (Å²) in [7, 11) is 0. The van der Waals surface area contributed by atoms with Crippen molar-refractivity contribution in [2.24, 2.45) is 17.6 Å². The highest BCUT2D eigenvalue weighted by Crippen LogP contribution is 2.54. The maximum Gasteiger partial charge on any atom is 0.0965 e. The van der Waals surface area contributed by atoms with Crippen LogP contribution in [0.2, 0.25) is 0 Å². The van der Waals surface area contributed by atoms with Crippen molar-refractivity contribution >= 4 is 11.3 Å². The predicted octanol–water partition coefficient (Wildman–Crippen LogP) is 3.38. The van der Waals surface area contributed by atoms with E-state index in [1.54, 1.807) is 0 Å². The van der Waals surface area contributed by atoms with Crippen LogP contribution in [-0.2, 0) is 6.54 Å². The molecule has 1 aromatic rings. The van der Waals surface area contributed by atoms with Gasteiger partial charge in [0.15, 0.2) is 0 Å². The molecule has 1 heterocycles. The van der Waals surface area contributed by atoms with Gasteiger partial charge in [-0.25, -0.2) is 4.98 Å². The average molecular weight is 248 g/mol. The first kappa shape index (κ1) is 10.5. The van der Waals surface area contributed by atoms with Crippen LogP contribution in [0.15, 0.2) is 0 Å². The van der Waals surface area contributed by atoms with Gasteiger partial charge in [0, 0.05) is 23.3 Å². The molecule has 3 aliphatic carbocycles. The first-order valence-corrected chi connectivity index (χ1v) is 7.86. The predicted molar refractivity (Wildman–Crippen MR) is 70.2 cm³/mol. The molecule has 2 N–H and O–H groups in total. The smallest absolute Gasteiger partial charge is 0.0965 e. The lowest BCUT2D eigenvalue weighted by molar-refractivity contribution is 0.418. The van der Waals surface area contributed by atoms with Gasteiger partial charge in [-0.1, -0.05) is 6.42 Å². The Hall–Kier alpha value is -0.410. The van der Waals surface area contributed by atoms with E-state index in [1.807, 2.05) is 11.3 Å². The fourth-order valence-electron chi connectivity index (χ4n) is 3.91. The number of nitrogens with zero attached hydrogens (tertiary/aromatic N) is 1. The summed E-state index contributed by atoms with van der Waals surface area (Å²) in [5.41, 5.74) is 7.25. The molecule has 0 saturated heterocycles. The van der Waals surface area contributed by atoms with Crippen molar-refractivity contribution in [3.8, 4) is 0 Å². The third kappa shape index (κ3) is 1.66. The molecule has 3 aliphatic rings. The molecular weight excluding hydrogens is 228 g/mol. The van der Waals surface area contributed by atoms with E-state index >= 15 is 0 Å². The zero-order valence-electron chi connectivity index (χ0n) is 10.2. The first-order valence-electron chi connectivity index (χ1n) is 7.04. The molecule has 92 valence electrons. The average Bonchev–Trinajstić information content (AvgIpc) is 2.81. The number of hydrogen-bond acceptors (Lipinski definition) is 3. The van der Waals surface area contributed by atoms with E-state index in [0.29, 0.717) is 6.54 Å². The van der Waals surface area contributed by atoms with Crippen molar-refractivity contribution in [2.75, 3.05) is 0 Å². The Balaban J connectivity index is 1.65. The molecule has 4 rings (SSSR count). The minimum Gasteiger partial charge on any atom is -0.326 e. The molecule has 3 atom stereocenters. The zero-order valence-corrected chi connectivity index (χ0v) is 11.0. The molecule has 3 unspecified atom stereocenters. The minimum atomic E-state index is 0.699. The molecule has 0 radical (unpaired) electrons. The maximum absolute atomic E-state index is 5.87. The van der Waals surface area contributed by atoms with E-state index < -0.39 is 0 Å². The Kier molecular flexibility index (Phi) is 2.34. The van der Waals surface area contributed by atoms with Crippen LogP contribution in [0.4, 0.5) is 0 Å². The summed E-state index contributed by atoms with van der Waals surface area (Å²) in [6, 6.07) is 0. The minimum absolute atomic E-state index is 0.699. The Morgan fingerprint density at radius 1 is 1.18 bits per heavy atom. The second-order valence-corrected chi connectivity index (χ2v) is 7.24. The van der Waals surface area contributed by atoms with Crippen molar-refractivity contribution < 1.29 is 0 Å². The van der Waals surface area contributed by atoms with Crippen LogP contribution in [-0.4, -0.2) is 4.98 Å². The largest absolute Gasteiger partial charge is 0.326 e. The van der Waals surface area contributed by atoms with Gasteiger partial charge in [0.2, 0.25) is 0 Å². The zero-order chi connectivity index (χ0) is 11.4. The van der Waals surface area contributed by atoms with Crippen molar-refractivity contribution in [1.29, 1.82) is 0 Å². The Morgan fingerprint density at radius 2 is 2.06 bits per heavy atom. The monoisotopic (exact) mass is 248 g/mol. The lowest BCUT2D eigenvalue weighted by Gasteiger charge is -2.18. The van der Waals surface area contributed by atoms with E-state index in [-0.39, 0.29) is 0 Å². The normalized spacial score (nSPS) is 35.7. The molecule has 1 aromatic heterocycles. The lowest BCUT2D eigenvalue weighted by atomic mass is 9.89. The van der Waals surface area contributed by atoms with Crippen LogP contribution in [0, 0.1) is 11.8 Å². The van der Waals surface area contributed by atoms with Crippen LogP contribution in [0.25, 0.3) is 0 Å². The van der Waals surface area contributed by atoms with Crippen LogP contribution in [0.3, 0.4) is 0 Å². The molecule has 2 bridgehead atoms. The fraction of sp³-hybridized carbons (Fsp3) is 0.786. The summed E-state index contributed by atoms with van der Waals surface area (Å²) in [5, 5.41) is 1.43. The highest BCUT2D eigenvalue weighted by molar-refractivity contribution is 7.11. The first-order chi connectivity index (χ1) is 8.35. The Labute approximate surface area is 107 Å². The summed E-state index contributed by atoms with van der Waals surface area (Å²) in [6.45, 7) is 0.699. The van der Waals surface area contributed by atoms with Gasteiger partial charge in [0.05, 0.1) is 10.7 Å². The third-order valence-corrected chi connectivity index (χ3v) is 6.17. The highest BCUT2D eigenvalue weighted by atomic mass is 32.1. The summed E-state index contributed by atoms with van der Waals surface area (Å²) < 4.78 is 0. The van der Waals surface area contributed by atoms with Gasteiger partial charge in [-0.2, -0.15) is 0 Å². The Bertz CT molecular complexity index is 435. The summed E-state index contributed by atoms with van der Waals surface area (Å²) >= 11 is 1.93. The number of rotatable bonds is 3. The van der Waals surface area contributed by atoms with Crippen molar-refractivity contribution in [3.63, 3.8) is 0 Å². The van der Waals surface area contributed by atoms with Crippen molar-refractivity contribution in [1.82, 2.24) is 4.98 Å². The van der Waals surface area contributed by atoms with Gasteiger partial charge in [0.1, 0.15) is 0 Å². The molecule has 2 nitrogen and oxygen atoms in total. The quantitative estimate of drug-likeness (QED) is 0.890. The number of thiazole rings is 1. The van der Waals surface area contributed by atoms with E-state index in [0.717, 1.165) is 23.7 Å². The second kappa shape index (κ2) is 3.79. The molecule has 3 saturated carbocycles. The van der Waals surface area contributed by atoms with Gasteiger partial charge in [-0.05, 0) is 43.9 Å². The number of nitrogens with two attached hydrogens (primary N) is 1. The summed E-state index contributed by atoms with van der Waals surface area (Å²) in [5.74, 6) is 3.51. The van der Waals surface area contributed by atoms with Gasteiger partial charge >= 0.3 is 0 Å². The number of hydrogen-bond donors (Lipinski definition) is 1. The van der Waals surface area contributed by atoms with Gasteiger partial charge in [0.25, 0.3) is 0 Å². The summed E-state index contributed by atoms with van der Waals surface area (Å²) in [4.78, 5) is 6.36. The molecule has 0 spiro atoms. The van der Waals surface area contributed by atoms with Gasteiger partial charge in [-0.15, -0.1) is 11.3 Å². The topological polar surface area (TPSA) is 38.9 Å². The molecule has 3 fully saturated rings. The van der Waals surface area contributed by atoms with Crippen LogP contribution < -0.4 is 5.73 Å². The van der Waals surface area contributed by atoms with Gasteiger partial charge < -0.3 is 5.73 Å².